The Balaban J connectivity index is 1.77. The molecule has 1 heterocycles. The lowest BCUT2D eigenvalue weighted by atomic mass is 10.2. The second-order valence-corrected chi connectivity index (χ2v) is 9.22. The van der Waals surface area contributed by atoms with E-state index in [-0.39, 0.29) is 6.09 Å². The van der Waals surface area contributed by atoms with E-state index in [9.17, 15) is 4.79 Å². The van der Waals surface area contributed by atoms with E-state index in [1.54, 1.807) is 28.4 Å². The first kappa shape index (κ1) is 18.2. The molecular weight excluding hydrogens is 350 g/mol. The minimum absolute atomic E-state index is 0.234. The predicted molar refractivity (Wildman–Crippen MR) is 104 cm³/mol. The van der Waals surface area contributed by atoms with Crippen molar-refractivity contribution in [3.05, 3.63) is 54.1 Å². The van der Waals surface area contributed by atoms with Gasteiger partial charge >= 0.3 is 6.09 Å². The van der Waals surface area contributed by atoms with Crippen LogP contribution in [-0.2, 0) is 11.3 Å². The second kappa shape index (κ2) is 7.75. The van der Waals surface area contributed by atoms with E-state index in [4.69, 9.17) is 4.74 Å². The summed E-state index contributed by atoms with van der Waals surface area (Å²) in [6, 6.07) is 16.9. The molecule has 0 fully saturated rings. The molecule has 1 aliphatic rings. The summed E-state index contributed by atoms with van der Waals surface area (Å²) in [7, 11) is 0. The summed E-state index contributed by atoms with van der Waals surface area (Å²) in [4.78, 5) is 17.9. The number of carbonyl (C=O) groups is 1. The topological polar surface area (TPSA) is 29.5 Å². The average Bonchev–Trinajstić information content (AvgIpc) is 2.76. The van der Waals surface area contributed by atoms with Gasteiger partial charge < -0.3 is 9.64 Å². The van der Waals surface area contributed by atoms with Gasteiger partial charge in [0.25, 0.3) is 0 Å². The van der Waals surface area contributed by atoms with Crippen LogP contribution < -0.4 is 0 Å². The van der Waals surface area contributed by atoms with Gasteiger partial charge in [-0.2, -0.15) is 0 Å². The molecular formula is C20H23NO2S2. The lowest BCUT2D eigenvalue weighted by Crippen LogP contribution is -2.37. The molecule has 1 amide bonds. The van der Waals surface area contributed by atoms with Crippen molar-refractivity contribution in [2.24, 2.45) is 0 Å². The van der Waals surface area contributed by atoms with Crippen LogP contribution in [-0.4, -0.2) is 28.9 Å². The number of hydrogen-bond donors (Lipinski definition) is 0. The largest absolute Gasteiger partial charge is 0.444 e. The van der Waals surface area contributed by atoms with Gasteiger partial charge in [0.05, 0.1) is 6.54 Å². The van der Waals surface area contributed by atoms with Gasteiger partial charge in [-0.25, -0.2) is 4.79 Å². The maximum atomic E-state index is 12.4. The fourth-order valence-corrected chi connectivity index (χ4v) is 4.45. The minimum Gasteiger partial charge on any atom is -0.444 e. The van der Waals surface area contributed by atoms with Gasteiger partial charge in [-0.1, -0.05) is 30.0 Å². The van der Waals surface area contributed by atoms with Crippen LogP contribution in [0.3, 0.4) is 0 Å². The van der Waals surface area contributed by atoms with Crippen molar-refractivity contribution >= 4 is 29.6 Å². The zero-order valence-corrected chi connectivity index (χ0v) is 16.5. The Bertz CT molecular complexity index is 741. The third-order valence-electron chi connectivity index (χ3n) is 3.64. The van der Waals surface area contributed by atoms with E-state index in [2.05, 4.69) is 30.3 Å². The number of rotatable bonds is 2. The van der Waals surface area contributed by atoms with Crippen LogP contribution in [0.1, 0.15) is 26.3 Å². The average molecular weight is 374 g/mol. The molecule has 5 heteroatoms. The minimum atomic E-state index is -0.468. The lowest BCUT2D eigenvalue weighted by molar-refractivity contribution is 0.0247. The summed E-state index contributed by atoms with van der Waals surface area (Å²) in [5.74, 6) is 0.886. The quantitative estimate of drug-likeness (QED) is 0.677. The highest BCUT2D eigenvalue weighted by atomic mass is 32.2. The molecule has 25 heavy (non-hydrogen) atoms. The number of thioether (sulfide) groups is 1. The van der Waals surface area contributed by atoms with Crippen molar-refractivity contribution in [1.29, 1.82) is 0 Å². The van der Waals surface area contributed by atoms with Crippen molar-refractivity contribution in [3.63, 3.8) is 0 Å². The highest BCUT2D eigenvalue weighted by molar-refractivity contribution is 7.99. The van der Waals surface area contributed by atoms with Gasteiger partial charge in [0.15, 0.2) is 0 Å². The molecule has 2 aromatic carbocycles. The maximum Gasteiger partial charge on any atom is 0.410 e. The smallest absolute Gasteiger partial charge is 0.410 e. The molecule has 0 radical (unpaired) electrons. The Morgan fingerprint density at radius 2 is 1.88 bits per heavy atom. The van der Waals surface area contributed by atoms with Gasteiger partial charge in [0, 0.05) is 27.0 Å². The molecule has 2 aromatic rings. The van der Waals surface area contributed by atoms with Crippen molar-refractivity contribution in [1.82, 2.24) is 4.90 Å². The Kier molecular flexibility index (Phi) is 5.64. The highest BCUT2D eigenvalue weighted by Crippen LogP contribution is 2.34. The number of fused-ring (bicyclic) bond motifs is 1. The Morgan fingerprint density at radius 1 is 1.12 bits per heavy atom. The highest BCUT2D eigenvalue weighted by Gasteiger charge is 2.24. The van der Waals surface area contributed by atoms with E-state index < -0.39 is 5.60 Å². The third kappa shape index (κ3) is 5.19. The molecule has 0 aliphatic carbocycles. The first-order chi connectivity index (χ1) is 11.9. The van der Waals surface area contributed by atoms with Crippen molar-refractivity contribution in [2.45, 2.75) is 47.6 Å². The fourth-order valence-electron chi connectivity index (χ4n) is 2.54. The molecule has 132 valence electrons. The number of ether oxygens (including phenoxy) is 1. The van der Waals surface area contributed by atoms with Crippen LogP contribution in [0.5, 0.6) is 0 Å². The molecule has 3 rings (SSSR count). The molecule has 0 atom stereocenters. The molecule has 0 unspecified atom stereocenters. The summed E-state index contributed by atoms with van der Waals surface area (Å²) in [6.45, 7) is 7.01. The van der Waals surface area contributed by atoms with Crippen LogP contribution in [0.25, 0.3) is 0 Å². The van der Waals surface area contributed by atoms with E-state index in [1.165, 1.54) is 20.2 Å². The van der Waals surface area contributed by atoms with Gasteiger partial charge in [0.2, 0.25) is 0 Å². The number of hydrogen-bond acceptors (Lipinski definition) is 4. The van der Waals surface area contributed by atoms with Gasteiger partial charge in [0.1, 0.15) is 5.60 Å². The maximum absolute atomic E-state index is 12.4. The predicted octanol–water partition coefficient (Wildman–Crippen LogP) is 5.68. The molecule has 0 N–H and O–H groups in total. The Labute approximate surface area is 158 Å². The molecule has 0 saturated heterocycles. The monoisotopic (exact) mass is 373 g/mol. The third-order valence-corrected chi connectivity index (χ3v) is 5.74. The van der Waals surface area contributed by atoms with E-state index in [1.807, 2.05) is 39.0 Å². The van der Waals surface area contributed by atoms with Crippen molar-refractivity contribution < 1.29 is 9.53 Å². The number of benzene rings is 2. The van der Waals surface area contributed by atoms with Crippen LogP contribution >= 0.6 is 23.5 Å². The van der Waals surface area contributed by atoms with E-state index in [0.29, 0.717) is 13.1 Å². The van der Waals surface area contributed by atoms with Crippen LogP contribution in [0.2, 0.25) is 0 Å². The van der Waals surface area contributed by atoms with Crippen LogP contribution in [0.4, 0.5) is 4.79 Å². The Hall–Kier alpha value is -1.59. The zero-order valence-electron chi connectivity index (χ0n) is 14.8. The van der Waals surface area contributed by atoms with Gasteiger partial charge in [-0.15, -0.1) is 11.8 Å². The lowest BCUT2D eigenvalue weighted by Gasteiger charge is -2.26. The SMILES string of the molecule is CC(C)(C)OC(=O)N1CCSc2ccc(Sc3ccccc3)cc2C1. The fraction of sp³-hybridized carbons (Fsp3) is 0.350. The van der Waals surface area contributed by atoms with Gasteiger partial charge in [-0.05, 0) is 56.7 Å². The number of amides is 1. The van der Waals surface area contributed by atoms with Gasteiger partial charge in [-0.3, -0.25) is 0 Å². The first-order valence-corrected chi connectivity index (χ1v) is 10.2. The normalized spacial score (nSPS) is 14.6. The zero-order chi connectivity index (χ0) is 17.9. The summed E-state index contributed by atoms with van der Waals surface area (Å²) in [5, 5.41) is 0. The molecule has 3 nitrogen and oxygen atoms in total. The standard InChI is InChI=1S/C20H23NO2S2/c1-20(2,3)23-19(22)21-11-12-24-18-10-9-17(13-15(18)14-21)25-16-7-5-4-6-8-16/h4-10,13H,11-12,14H2,1-3H3. The molecule has 1 aliphatic heterocycles. The second-order valence-electron chi connectivity index (χ2n) is 6.94. The van der Waals surface area contributed by atoms with Crippen LogP contribution in [0.15, 0.2) is 63.2 Å². The number of nitrogens with zero attached hydrogens (tertiary/aromatic N) is 1. The van der Waals surface area contributed by atoms with E-state index >= 15 is 0 Å². The van der Waals surface area contributed by atoms with Crippen molar-refractivity contribution in [3.8, 4) is 0 Å². The molecule has 0 bridgehead atoms. The first-order valence-electron chi connectivity index (χ1n) is 8.37. The molecule has 0 spiro atoms. The molecule has 0 aromatic heterocycles. The number of carbonyl (C=O) groups excluding carboxylic acids is 1. The summed E-state index contributed by atoms with van der Waals surface area (Å²) < 4.78 is 5.55. The van der Waals surface area contributed by atoms with E-state index in [0.717, 1.165) is 5.75 Å². The van der Waals surface area contributed by atoms with Crippen LogP contribution in [0, 0.1) is 0 Å². The molecule has 0 saturated carbocycles. The summed E-state index contributed by atoms with van der Waals surface area (Å²) in [6.07, 6.45) is -0.234. The van der Waals surface area contributed by atoms with Crippen molar-refractivity contribution in [2.75, 3.05) is 12.3 Å². The summed E-state index contributed by atoms with van der Waals surface area (Å²) >= 11 is 3.55. The Morgan fingerprint density at radius 3 is 2.60 bits per heavy atom. The summed E-state index contributed by atoms with van der Waals surface area (Å²) in [5.41, 5.74) is 0.721.